The van der Waals surface area contributed by atoms with Gasteiger partial charge in [-0.1, -0.05) is 36.8 Å². The molecule has 2 rings (SSSR count). The van der Waals surface area contributed by atoms with Crippen LogP contribution in [0.15, 0.2) is 47.6 Å². The highest BCUT2D eigenvalue weighted by atomic mass is 16.6. The van der Waals surface area contributed by atoms with Crippen LogP contribution in [0.1, 0.15) is 67.2 Å². The fraction of sp³-hybridized carbons (Fsp3) is 0.654. The van der Waals surface area contributed by atoms with Crippen LogP contribution in [0.2, 0.25) is 0 Å². The van der Waals surface area contributed by atoms with Crippen LogP contribution >= 0.6 is 0 Å². The molecule has 0 bridgehead atoms. The Kier molecular flexibility index (Phi) is 8.48. The Morgan fingerprint density at radius 2 is 2.06 bits per heavy atom. The number of hydrogen-bond donors (Lipinski definition) is 1. The molecule has 0 radical (unpaired) electrons. The predicted octanol–water partition coefficient (Wildman–Crippen LogP) is 5.06. The van der Waals surface area contributed by atoms with Gasteiger partial charge in [0.2, 0.25) is 0 Å². The van der Waals surface area contributed by atoms with Gasteiger partial charge < -0.3 is 19.3 Å². The molecule has 1 aliphatic heterocycles. The summed E-state index contributed by atoms with van der Waals surface area (Å²) in [6, 6.07) is 0. The summed E-state index contributed by atoms with van der Waals surface area (Å²) in [5.41, 5.74) is 0.856. The van der Waals surface area contributed by atoms with Crippen molar-refractivity contribution in [2.75, 3.05) is 13.7 Å². The molecule has 1 aliphatic carbocycles. The summed E-state index contributed by atoms with van der Waals surface area (Å²) in [5, 5.41) is 9.81. The highest BCUT2D eigenvalue weighted by Gasteiger charge is 2.58. The number of carbonyl (C=O) groups excluding carboxylic acids is 1. The molecular weight excluding hydrogens is 392 g/mol. The third-order valence-electron chi connectivity index (χ3n) is 6.28. The molecule has 1 N–H and O–H groups in total. The SMILES string of the molecule is COC(C)(C)/C=C/C[C@]1(C)/C=C/[C@@H](OC(=O)C=C(C)C)[C@]2(C)O[C@H]2CC/C(CO)=C\C1. The topological polar surface area (TPSA) is 68.3 Å². The van der Waals surface area contributed by atoms with Gasteiger partial charge >= 0.3 is 5.97 Å². The molecule has 4 atom stereocenters. The number of carbonyl (C=O) groups is 1. The highest BCUT2D eigenvalue weighted by Crippen LogP contribution is 2.45. The maximum Gasteiger partial charge on any atom is 0.331 e. The summed E-state index contributed by atoms with van der Waals surface area (Å²) >= 11 is 0. The number of rotatable bonds is 7. The number of allylic oxidation sites excluding steroid dienone is 4. The Balaban J connectivity index is 2.32. The van der Waals surface area contributed by atoms with Crippen LogP contribution in [-0.2, 0) is 19.0 Å². The number of hydrogen-bond acceptors (Lipinski definition) is 5. The lowest BCUT2D eigenvalue weighted by Gasteiger charge is -2.26. The molecule has 31 heavy (non-hydrogen) atoms. The van der Waals surface area contributed by atoms with Gasteiger partial charge in [0, 0.05) is 13.2 Å². The molecule has 0 saturated carbocycles. The van der Waals surface area contributed by atoms with Crippen molar-refractivity contribution in [2.24, 2.45) is 5.41 Å². The molecule has 1 saturated heterocycles. The van der Waals surface area contributed by atoms with Crippen LogP contribution in [-0.4, -0.2) is 48.2 Å². The summed E-state index contributed by atoms with van der Waals surface area (Å²) in [4.78, 5) is 12.4. The molecule has 0 spiro atoms. The van der Waals surface area contributed by atoms with Crippen molar-refractivity contribution in [1.82, 2.24) is 0 Å². The van der Waals surface area contributed by atoms with Crippen molar-refractivity contribution in [1.29, 1.82) is 0 Å². The molecule has 5 nitrogen and oxygen atoms in total. The Hall–Kier alpha value is -1.69. The zero-order valence-corrected chi connectivity index (χ0v) is 20.2. The van der Waals surface area contributed by atoms with Crippen LogP contribution in [0.4, 0.5) is 0 Å². The van der Waals surface area contributed by atoms with Crippen molar-refractivity contribution in [2.45, 2.75) is 90.6 Å². The summed E-state index contributed by atoms with van der Waals surface area (Å²) in [6.07, 6.45) is 14.7. The minimum Gasteiger partial charge on any atom is -0.452 e. The zero-order valence-electron chi connectivity index (χ0n) is 20.2. The van der Waals surface area contributed by atoms with Crippen molar-refractivity contribution >= 4 is 5.97 Å². The molecule has 174 valence electrons. The van der Waals surface area contributed by atoms with Gasteiger partial charge in [-0.2, -0.15) is 0 Å². The van der Waals surface area contributed by atoms with Gasteiger partial charge in [0.15, 0.2) is 6.10 Å². The second kappa shape index (κ2) is 10.3. The van der Waals surface area contributed by atoms with Crippen LogP contribution < -0.4 is 0 Å². The first-order chi connectivity index (χ1) is 14.4. The van der Waals surface area contributed by atoms with E-state index in [4.69, 9.17) is 14.2 Å². The van der Waals surface area contributed by atoms with E-state index in [1.807, 2.05) is 40.7 Å². The lowest BCUT2D eigenvalue weighted by atomic mass is 9.81. The van der Waals surface area contributed by atoms with E-state index in [1.165, 1.54) is 6.08 Å². The number of methoxy groups -OCH3 is 1. The molecular formula is C26H40O5. The summed E-state index contributed by atoms with van der Waals surface area (Å²) in [6.45, 7) is 12.0. The largest absolute Gasteiger partial charge is 0.452 e. The van der Waals surface area contributed by atoms with E-state index in [1.54, 1.807) is 7.11 Å². The van der Waals surface area contributed by atoms with Gasteiger partial charge in [0.05, 0.1) is 18.3 Å². The van der Waals surface area contributed by atoms with Gasteiger partial charge in [-0.15, -0.1) is 0 Å². The van der Waals surface area contributed by atoms with Gasteiger partial charge in [0.25, 0.3) is 0 Å². The lowest BCUT2D eigenvalue weighted by Crippen LogP contribution is -2.32. The van der Waals surface area contributed by atoms with Crippen LogP contribution in [0.3, 0.4) is 0 Å². The van der Waals surface area contributed by atoms with E-state index in [0.29, 0.717) is 0 Å². The van der Waals surface area contributed by atoms with Crippen molar-refractivity contribution in [3.05, 3.63) is 47.6 Å². The van der Waals surface area contributed by atoms with Gasteiger partial charge in [-0.05, 0) is 77.4 Å². The standard InChI is InChI=1S/C26H40O5/c1-19(2)17-23(28)30-21-12-16-25(5,14-8-13-24(3,4)29-7)15-11-20(18-27)9-10-22-26(21,6)31-22/h8,11-13,16-17,21-22,27H,9-10,14-15,18H2,1-7H3/b13-8+,16-12+,20-11+/t21-,22+,25+,26+/m1/s1. The third kappa shape index (κ3) is 7.44. The molecule has 0 aromatic rings. The molecule has 2 aliphatic rings. The first-order valence-corrected chi connectivity index (χ1v) is 11.2. The fourth-order valence-corrected chi connectivity index (χ4v) is 3.77. The molecule has 0 aromatic carbocycles. The molecule has 1 fully saturated rings. The molecule has 1 heterocycles. The number of aliphatic hydroxyl groups is 1. The van der Waals surface area contributed by atoms with E-state index in [-0.39, 0.29) is 29.7 Å². The third-order valence-corrected chi connectivity index (χ3v) is 6.28. The van der Waals surface area contributed by atoms with Crippen LogP contribution in [0.25, 0.3) is 0 Å². The average molecular weight is 433 g/mol. The fourth-order valence-electron chi connectivity index (χ4n) is 3.77. The van der Waals surface area contributed by atoms with E-state index >= 15 is 0 Å². The summed E-state index contributed by atoms with van der Waals surface area (Å²) in [7, 11) is 1.70. The number of esters is 1. The highest BCUT2D eigenvalue weighted by molar-refractivity contribution is 5.83. The van der Waals surface area contributed by atoms with Crippen molar-refractivity contribution in [3.8, 4) is 0 Å². The van der Waals surface area contributed by atoms with Gasteiger partial charge in [-0.25, -0.2) is 4.79 Å². The van der Waals surface area contributed by atoms with Gasteiger partial charge in [-0.3, -0.25) is 0 Å². The maximum absolute atomic E-state index is 12.4. The van der Waals surface area contributed by atoms with Crippen molar-refractivity contribution in [3.63, 3.8) is 0 Å². The molecule has 5 heteroatoms. The van der Waals surface area contributed by atoms with Gasteiger partial charge in [0.1, 0.15) is 5.60 Å². The number of fused-ring (bicyclic) bond motifs is 1. The normalized spacial score (nSPS) is 34.1. The van der Waals surface area contributed by atoms with E-state index in [0.717, 1.165) is 36.8 Å². The smallest absolute Gasteiger partial charge is 0.331 e. The van der Waals surface area contributed by atoms with Crippen LogP contribution in [0.5, 0.6) is 0 Å². The predicted molar refractivity (Wildman–Crippen MR) is 124 cm³/mol. The Labute approximate surface area is 187 Å². The van der Waals surface area contributed by atoms with Crippen LogP contribution in [0, 0.1) is 5.41 Å². The first-order valence-electron chi connectivity index (χ1n) is 11.2. The monoisotopic (exact) mass is 432 g/mol. The van der Waals surface area contributed by atoms with E-state index in [9.17, 15) is 9.90 Å². The van der Waals surface area contributed by atoms with E-state index in [2.05, 4.69) is 31.2 Å². The number of ether oxygens (including phenoxy) is 3. The summed E-state index contributed by atoms with van der Waals surface area (Å²) < 4.78 is 17.3. The average Bonchev–Trinajstić information content (AvgIpc) is 3.35. The number of aliphatic hydroxyl groups excluding tert-OH is 1. The molecule has 0 amide bonds. The minimum absolute atomic E-state index is 0.00311. The quantitative estimate of drug-likeness (QED) is 0.264. The first kappa shape index (κ1) is 25.6. The zero-order chi connectivity index (χ0) is 23.3. The second-order valence-electron chi connectivity index (χ2n) is 10.1. The summed E-state index contributed by atoms with van der Waals surface area (Å²) in [5.74, 6) is -0.349. The Morgan fingerprint density at radius 3 is 2.68 bits per heavy atom. The van der Waals surface area contributed by atoms with E-state index < -0.39 is 11.7 Å². The molecule has 0 unspecified atom stereocenters. The Bertz CT molecular complexity index is 756. The molecule has 0 aromatic heterocycles. The Morgan fingerprint density at radius 1 is 1.35 bits per heavy atom. The number of epoxide rings is 1. The lowest BCUT2D eigenvalue weighted by molar-refractivity contribution is -0.143. The second-order valence-corrected chi connectivity index (χ2v) is 10.1. The maximum atomic E-state index is 12.4. The minimum atomic E-state index is -0.540. The van der Waals surface area contributed by atoms with Crippen molar-refractivity contribution < 1.29 is 24.1 Å².